The van der Waals surface area contributed by atoms with Crippen LogP contribution in [0.1, 0.15) is 51.9 Å². The molecule has 0 saturated heterocycles. The van der Waals surface area contributed by atoms with Gasteiger partial charge in [-0.3, -0.25) is 9.59 Å². The van der Waals surface area contributed by atoms with Gasteiger partial charge in [0, 0.05) is 12.6 Å². The van der Waals surface area contributed by atoms with Crippen LogP contribution in [-0.2, 0) is 14.3 Å². The van der Waals surface area contributed by atoms with Crippen LogP contribution in [0.2, 0.25) is 0 Å². The summed E-state index contributed by atoms with van der Waals surface area (Å²) in [5.74, 6) is 0.375. The lowest BCUT2D eigenvalue weighted by atomic mass is 10.1. The summed E-state index contributed by atoms with van der Waals surface area (Å²) in [7, 11) is 0. The molecule has 0 atom stereocenters. The average Bonchev–Trinajstić information content (AvgIpc) is 2.91. The number of ether oxygens (including phenoxy) is 2. The van der Waals surface area contributed by atoms with Crippen molar-refractivity contribution in [1.29, 1.82) is 0 Å². The van der Waals surface area contributed by atoms with E-state index in [1.54, 1.807) is 6.92 Å². The first kappa shape index (κ1) is 19.3. The molecule has 0 heterocycles. The molecule has 5 heteroatoms. The van der Waals surface area contributed by atoms with Gasteiger partial charge in [-0.05, 0) is 31.9 Å². The standard InChI is InChI=1S/C20H29NO4/c1-2-24-20(23)14-15-21(17-10-6-3-4-7-11-17)19(22)16-25-18-12-8-5-9-13-18/h5,8-9,12-13,17H,2-4,6-7,10-11,14-16H2,1H3. The molecule has 1 aromatic rings. The summed E-state index contributed by atoms with van der Waals surface area (Å²) in [5, 5.41) is 0. The van der Waals surface area contributed by atoms with E-state index in [1.165, 1.54) is 12.8 Å². The van der Waals surface area contributed by atoms with Crippen molar-refractivity contribution in [3.8, 4) is 5.75 Å². The molecule has 5 nitrogen and oxygen atoms in total. The third kappa shape index (κ3) is 6.77. The van der Waals surface area contributed by atoms with Crippen LogP contribution in [0.25, 0.3) is 0 Å². The molecule has 1 saturated carbocycles. The van der Waals surface area contributed by atoms with E-state index in [0.717, 1.165) is 25.7 Å². The van der Waals surface area contributed by atoms with Crippen LogP contribution in [0.4, 0.5) is 0 Å². The molecule has 0 N–H and O–H groups in total. The largest absolute Gasteiger partial charge is 0.484 e. The monoisotopic (exact) mass is 347 g/mol. The van der Waals surface area contributed by atoms with Gasteiger partial charge in [-0.2, -0.15) is 0 Å². The molecule has 1 aromatic carbocycles. The number of rotatable bonds is 8. The van der Waals surface area contributed by atoms with E-state index in [2.05, 4.69) is 0 Å². The molecule has 0 bridgehead atoms. The van der Waals surface area contributed by atoms with Crippen LogP contribution < -0.4 is 4.74 Å². The Kier molecular flexibility index (Phi) is 8.29. The number of hydrogen-bond acceptors (Lipinski definition) is 4. The molecule has 1 aliphatic carbocycles. The van der Waals surface area contributed by atoms with Gasteiger partial charge in [-0.25, -0.2) is 0 Å². The Bertz CT molecular complexity index is 524. The van der Waals surface area contributed by atoms with Crippen molar-refractivity contribution < 1.29 is 19.1 Å². The predicted octanol–water partition coefficient (Wildman–Crippen LogP) is 3.57. The maximum atomic E-state index is 12.7. The highest BCUT2D eigenvalue weighted by molar-refractivity contribution is 5.79. The first-order valence-electron chi connectivity index (χ1n) is 9.33. The number of nitrogens with zero attached hydrogens (tertiary/aromatic N) is 1. The number of amides is 1. The Hall–Kier alpha value is -2.04. The molecule has 25 heavy (non-hydrogen) atoms. The molecule has 1 amide bonds. The zero-order valence-corrected chi connectivity index (χ0v) is 15.1. The van der Waals surface area contributed by atoms with Crippen molar-refractivity contribution >= 4 is 11.9 Å². The number of esters is 1. The van der Waals surface area contributed by atoms with E-state index in [1.807, 2.05) is 35.2 Å². The van der Waals surface area contributed by atoms with E-state index in [-0.39, 0.29) is 30.9 Å². The van der Waals surface area contributed by atoms with Gasteiger partial charge in [-0.1, -0.05) is 43.9 Å². The van der Waals surface area contributed by atoms with Gasteiger partial charge in [0.2, 0.25) is 0 Å². The third-order valence-electron chi connectivity index (χ3n) is 4.55. The van der Waals surface area contributed by atoms with Crippen molar-refractivity contribution in [3.63, 3.8) is 0 Å². The maximum Gasteiger partial charge on any atom is 0.307 e. The van der Waals surface area contributed by atoms with Gasteiger partial charge in [0.1, 0.15) is 5.75 Å². The molecule has 1 aliphatic rings. The van der Waals surface area contributed by atoms with Crippen molar-refractivity contribution in [1.82, 2.24) is 4.90 Å². The summed E-state index contributed by atoms with van der Waals surface area (Å²) in [4.78, 5) is 26.3. The Morgan fingerprint density at radius 3 is 2.40 bits per heavy atom. The lowest BCUT2D eigenvalue weighted by Crippen LogP contribution is -2.44. The molecule has 0 unspecified atom stereocenters. The Balaban J connectivity index is 1.95. The second-order valence-electron chi connectivity index (χ2n) is 6.39. The number of carbonyl (C=O) groups is 2. The molecule has 0 aromatic heterocycles. The van der Waals surface area contributed by atoms with Crippen LogP contribution in [0.3, 0.4) is 0 Å². The molecule has 2 rings (SSSR count). The highest BCUT2D eigenvalue weighted by atomic mass is 16.5. The summed E-state index contributed by atoms with van der Waals surface area (Å²) in [6.07, 6.45) is 6.94. The molecule has 0 aliphatic heterocycles. The smallest absolute Gasteiger partial charge is 0.307 e. The van der Waals surface area contributed by atoms with E-state index < -0.39 is 0 Å². The average molecular weight is 347 g/mol. The number of hydrogen-bond donors (Lipinski definition) is 0. The molecule has 138 valence electrons. The van der Waals surface area contributed by atoms with Gasteiger partial charge in [0.25, 0.3) is 5.91 Å². The lowest BCUT2D eigenvalue weighted by Gasteiger charge is -2.31. The molecule has 1 fully saturated rings. The van der Waals surface area contributed by atoms with Crippen LogP contribution in [0, 0.1) is 0 Å². The fourth-order valence-electron chi connectivity index (χ4n) is 3.27. The SMILES string of the molecule is CCOC(=O)CCN(C(=O)COc1ccccc1)C1CCCCCC1. The predicted molar refractivity (Wildman–Crippen MR) is 96.4 cm³/mol. The fourth-order valence-corrected chi connectivity index (χ4v) is 3.27. The summed E-state index contributed by atoms with van der Waals surface area (Å²) < 4.78 is 10.6. The number of carbonyl (C=O) groups excluding carboxylic acids is 2. The molecular formula is C20H29NO4. The molecule has 0 spiro atoms. The van der Waals surface area contributed by atoms with E-state index >= 15 is 0 Å². The maximum absolute atomic E-state index is 12.7. The van der Waals surface area contributed by atoms with Gasteiger partial charge in [0.15, 0.2) is 6.61 Å². The van der Waals surface area contributed by atoms with Crippen molar-refractivity contribution in [3.05, 3.63) is 30.3 Å². The van der Waals surface area contributed by atoms with E-state index in [0.29, 0.717) is 18.9 Å². The van der Waals surface area contributed by atoms with Gasteiger partial charge < -0.3 is 14.4 Å². The van der Waals surface area contributed by atoms with Crippen LogP contribution in [0.5, 0.6) is 5.75 Å². The quantitative estimate of drug-likeness (QED) is 0.533. The van der Waals surface area contributed by atoms with Crippen LogP contribution >= 0.6 is 0 Å². The van der Waals surface area contributed by atoms with Gasteiger partial charge in [0.05, 0.1) is 13.0 Å². The molecular weight excluding hydrogens is 318 g/mol. The Morgan fingerprint density at radius 2 is 1.76 bits per heavy atom. The zero-order chi connectivity index (χ0) is 17.9. The minimum absolute atomic E-state index is 0.00331. The summed E-state index contributed by atoms with van der Waals surface area (Å²) in [6.45, 7) is 2.57. The Labute approximate surface area is 150 Å². The van der Waals surface area contributed by atoms with Gasteiger partial charge in [-0.15, -0.1) is 0 Å². The summed E-state index contributed by atoms with van der Waals surface area (Å²) in [6, 6.07) is 9.53. The number of para-hydroxylation sites is 1. The minimum Gasteiger partial charge on any atom is -0.484 e. The van der Waals surface area contributed by atoms with Crippen molar-refractivity contribution in [2.75, 3.05) is 19.8 Å². The fraction of sp³-hybridized carbons (Fsp3) is 0.600. The highest BCUT2D eigenvalue weighted by Gasteiger charge is 2.25. The van der Waals surface area contributed by atoms with E-state index in [9.17, 15) is 9.59 Å². The minimum atomic E-state index is -0.252. The third-order valence-corrected chi connectivity index (χ3v) is 4.55. The topological polar surface area (TPSA) is 55.8 Å². The zero-order valence-electron chi connectivity index (χ0n) is 15.1. The molecule has 0 radical (unpaired) electrons. The van der Waals surface area contributed by atoms with Gasteiger partial charge >= 0.3 is 5.97 Å². The van der Waals surface area contributed by atoms with Crippen LogP contribution in [-0.4, -0.2) is 42.6 Å². The van der Waals surface area contributed by atoms with Crippen molar-refractivity contribution in [2.45, 2.75) is 57.9 Å². The highest BCUT2D eigenvalue weighted by Crippen LogP contribution is 2.22. The first-order valence-corrected chi connectivity index (χ1v) is 9.33. The number of benzene rings is 1. The second kappa shape index (κ2) is 10.7. The summed E-state index contributed by atoms with van der Waals surface area (Å²) >= 11 is 0. The van der Waals surface area contributed by atoms with Crippen molar-refractivity contribution in [2.24, 2.45) is 0 Å². The normalized spacial score (nSPS) is 15.2. The first-order chi connectivity index (χ1) is 12.2. The Morgan fingerprint density at radius 1 is 1.08 bits per heavy atom. The second-order valence-corrected chi connectivity index (χ2v) is 6.39. The van der Waals surface area contributed by atoms with E-state index in [4.69, 9.17) is 9.47 Å². The van der Waals surface area contributed by atoms with Crippen LogP contribution in [0.15, 0.2) is 30.3 Å². The lowest BCUT2D eigenvalue weighted by molar-refractivity contribution is -0.145. The summed E-state index contributed by atoms with van der Waals surface area (Å²) in [5.41, 5.74) is 0.